The number of carbonyl (C=O) groups excluding carboxylic acids is 1. The average molecular weight is 299 g/mol. The van der Waals surface area contributed by atoms with Gasteiger partial charge in [-0.05, 0) is 61.2 Å². The number of amides is 1. The molecule has 2 aromatic rings. The van der Waals surface area contributed by atoms with E-state index in [0.717, 1.165) is 17.5 Å². The number of phenolic OH excluding ortho intramolecular Hbond substituents is 1. The minimum atomic E-state index is -0.307. The predicted molar refractivity (Wildman–Crippen MR) is 87.5 cm³/mol. The summed E-state index contributed by atoms with van der Waals surface area (Å²) in [7, 11) is 0. The second kappa shape index (κ2) is 6.98. The van der Waals surface area contributed by atoms with Crippen molar-refractivity contribution >= 4 is 11.6 Å². The van der Waals surface area contributed by atoms with Gasteiger partial charge in [0.05, 0.1) is 5.69 Å². The first-order valence-electron chi connectivity index (χ1n) is 7.31. The van der Waals surface area contributed by atoms with E-state index in [4.69, 9.17) is 4.74 Å². The van der Waals surface area contributed by atoms with Crippen LogP contribution in [0.5, 0.6) is 11.5 Å². The summed E-state index contributed by atoms with van der Waals surface area (Å²) >= 11 is 0. The molecule has 0 radical (unpaired) electrons. The van der Waals surface area contributed by atoms with E-state index in [1.54, 1.807) is 12.1 Å². The molecular weight excluding hydrogens is 278 g/mol. The molecule has 0 spiro atoms. The molecule has 0 heterocycles. The Hall–Kier alpha value is -2.49. The summed E-state index contributed by atoms with van der Waals surface area (Å²) in [5.41, 5.74) is 3.60. The summed E-state index contributed by atoms with van der Waals surface area (Å²) in [6.45, 7) is 5.82. The molecule has 0 saturated carbocycles. The van der Waals surface area contributed by atoms with Crippen LogP contribution in [-0.2, 0) is 11.2 Å². The van der Waals surface area contributed by atoms with E-state index in [2.05, 4.69) is 12.2 Å². The van der Waals surface area contributed by atoms with Crippen LogP contribution in [0.25, 0.3) is 0 Å². The predicted octanol–water partition coefficient (Wildman–Crippen LogP) is 3.59. The van der Waals surface area contributed by atoms with Gasteiger partial charge in [0.25, 0.3) is 5.91 Å². The van der Waals surface area contributed by atoms with Crippen molar-refractivity contribution in [3.05, 3.63) is 53.1 Å². The highest BCUT2D eigenvalue weighted by Gasteiger charge is 2.09. The standard InChI is InChI=1S/C18H21NO3/c1-4-14-5-7-15(8-6-14)22-11-18(21)19-16-9-12(2)13(3)10-17(16)20/h5-10,20H,4,11H2,1-3H3,(H,19,21). The number of benzene rings is 2. The largest absolute Gasteiger partial charge is 0.506 e. The Kier molecular flexibility index (Phi) is 5.04. The van der Waals surface area contributed by atoms with Crippen molar-refractivity contribution in [3.63, 3.8) is 0 Å². The highest BCUT2D eigenvalue weighted by Crippen LogP contribution is 2.26. The van der Waals surface area contributed by atoms with E-state index in [0.29, 0.717) is 11.4 Å². The number of nitrogens with one attached hydrogen (secondary N) is 1. The summed E-state index contributed by atoms with van der Waals surface area (Å²) in [6.07, 6.45) is 0.965. The summed E-state index contributed by atoms with van der Waals surface area (Å²) < 4.78 is 5.44. The van der Waals surface area contributed by atoms with Crippen LogP contribution in [0.15, 0.2) is 36.4 Å². The molecule has 0 saturated heterocycles. The monoisotopic (exact) mass is 299 g/mol. The molecule has 0 aliphatic heterocycles. The minimum Gasteiger partial charge on any atom is -0.506 e. The number of hydrogen-bond donors (Lipinski definition) is 2. The molecule has 0 aromatic heterocycles. The molecule has 1 amide bonds. The molecule has 0 atom stereocenters. The van der Waals surface area contributed by atoms with Gasteiger partial charge in [-0.1, -0.05) is 19.1 Å². The van der Waals surface area contributed by atoms with Gasteiger partial charge in [0.15, 0.2) is 6.61 Å². The Bertz CT molecular complexity index is 663. The fourth-order valence-electron chi connectivity index (χ4n) is 2.06. The van der Waals surface area contributed by atoms with E-state index in [1.807, 2.05) is 38.1 Å². The molecule has 0 aliphatic carbocycles. The van der Waals surface area contributed by atoms with Gasteiger partial charge in [-0.2, -0.15) is 0 Å². The van der Waals surface area contributed by atoms with Crippen molar-refractivity contribution in [2.45, 2.75) is 27.2 Å². The van der Waals surface area contributed by atoms with Gasteiger partial charge < -0.3 is 15.2 Å². The van der Waals surface area contributed by atoms with Gasteiger partial charge in [-0.25, -0.2) is 0 Å². The number of aryl methyl sites for hydroxylation is 3. The number of aromatic hydroxyl groups is 1. The molecule has 0 unspecified atom stereocenters. The zero-order valence-corrected chi connectivity index (χ0v) is 13.1. The van der Waals surface area contributed by atoms with Crippen LogP contribution in [0, 0.1) is 13.8 Å². The summed E-state index contributed by atoms with van der Waals surface area (Å²) in [4.78, 5) is 11.9. The maximum Gasteiger partial charge on any atom is 0.262 e. The normalized spacial score (nSPS) is 10.3. The van der Waals surface area contributed by atoms with E-state index >= 15 is 0 Å². The molecule has 2 N–H and O–H groups in total. The molecule has 0 aliphatic rings. The number of hydrogen-bond acceptors (Lipinski definition) is 3. The molecular formula is C18H21NO3. The molecule has 0 fully saturated rings. The molecule has 116 valence electrons. The Morgan fingerprint density at radius 1 is 1.14 bits per heavy atom. The number of anilines is 1. The number of ether oxygens (including phenoxy) is 1. The maximum absolute atomic E-state index is 11.9. The first-order valence-corrected chi connectivity index (χ1v) is 7.31. The summed E-state index contributed by atoms with van der Waals surface area (Å²) in [5, 5.41) is 12.5. The van der Waals surface area contributed by atoms with Crippen LogP contribution in [0.3, 0.4) is 0 Å². The molecule has 0 bridgehead atoms. The van der Waals surface area contributed by atoms with Crippen LogP contribution in [-0.4, -0.2) is 17.6 Å². The number of carbonyl (C=O) groups is 1. The van der Waals surface area contributed by atoms with Crippen molar-refractivity contribution < 1.29 is 14.6 Å². The lowest BCUT2D eigenvalue weighted by molar-refractivity contribution is -0.118. The molecule has 4 nitrogen and oxygen atoms in total. The molecule has 4 heteroatoms. The second-order valence-electron chi connectivity index (χ2n) is 5.29. The fourth-order valence-corrected chi connectivity index (χ4v) is 2.06. The topological polar surface area (TPSA) is 58.6 Å². The third-order valence-electron chi connectivity index (χ3n) is 3.59. The maximum atomic E-state index is 11.9. The van der Waals surface area contributed by atoms with Gasteiger partial charge in [-0.3, -0.25) is 4.79 Å². The van der Waals surface area contributed by atoms with Crippen molar-refractivity contribution in [1.29, 1.82) is 0 Å². The summed E-state index contributed by atoms with van der Waals surface area (Å²) in [5.74, 6) is 0.401. The molecule has 2 aromatic carbocycles. The first-order chi connectivity index (χ1) is 10.5. The smallest absolute Gasteiger partial charge is 0.262 e. The van der Waals surface area contributed by atoms with E-state index in [9.17, 15) is 9.90 Å². The third kappa shape index (κ3) is 4.01. The van der Waals surface area contributed by atoms with Crippen LogP contribution >= 0.6 is 0 Å². The second-order valence-corrected chi connectivity index (χ2v) is 5.29. The van der Waals surface area contributed by atoms with Crippen LogP contribution in [0.2, 0.25) is 0 Å². The zero-order chi connectivity index (χ0) is 16.1. The quantitative estimate of drug-likeness (QED) is 0.830. The molecule has 2 rings (SSSR count). The SMILES string of the molecule is CCc1ccc(OCC(=O)Nc2cc(C)c(C)cc2O)cc1. The Labute approximate surface area is 130 Å². The van der Waals surface area contributed by atoms with E-state index in [1.165, 1.54) is 5.56 Å². The van der Waals surface area contributed by atoms with Crippen LogP contribution in [0.1, 0.15) is 23.6 Å². The zero-order valence-electron chi connectivity index (χ0n) is 13.1. The first kappa shape index (κ1) is 15.9. The third-order valence-corrected chi connectivity index (χ3v) is 3.59. The Balaban J connectivity index is 1.94. The minimum absolute atomic E-state index is 0.0590. The van der Waals surface area contributed by atoms with Gasteiger partial charge in [0, 0.05) is 0 Å². The Morgan fingerprint density at radius 3 is 2.41 bits per heavy atom. The highest BCUT2D eigenvalue weighted by molar-refractivity contribution is 5.93. The fraction of sp³-hybridized carbons (Fsp3) is 0.278. The average Bonchev–Trinajstić information content (AvgIpc) is 2.51. The Morgan fingerprint density at radius 2 is 1.77 bits per heavy atom. The van der Waals surface area contributed by atoms with Gasteiger partial charge in [0.2, 0.25) is 0 Å². The van der Waals surface area contributed by atoms with Crippen LogP contribution < -0.4 is 10.1 Å². The van der Waals surface area contributed by atoms with Crippen molar-refractivity contribution in [2.75, 3.05) is 11.9 Å². The van der Waals surface area contributed by atoms with E-state index < -0.39 is 0 Å². The van der Waals surface area contributed by atoms with E-state index in [-0.39, 0.29) is 18.3 Å². The lowest BCUT2D eigenvalue weighted by Crippen LogP contribution is -2.20. The van der Waals surface area contributed by atoms with Crippen LogP contribution in [0.4, 0.5) is 5.69 Å². The summed E-state index contributed by atoms with van der Waals surface area (Å²) in [6, 6.07) is 11.0. The lowest BCUT2D eigenvalue weighted by Gasteiger charge is -2.11. The number of rotatable bonds is 5. The van der Waals surface area contributed by atoms with Crippen molar-refractivity contribution in [3.8, 4) is 11.5 Å². The van der Waals surface area contributed by atoms with Gasteiger partial charge >= 0.3 is 0 Å². The van der Waals surface area contributed by atoms with Gasteiger partial charge in [-0.15, -0.1) is 0 Å². The lowest BCUT2D eigenvalue weighted by atomic mass is 10.1. The highest BCUT2D eigenvalue weighted by atomic mass is 16.5. The van der Waals surface area contributed by atoms with Gasteiger partial charge in [0.1, 0.15) is 11.5 Å². The van der Waals surface area contributed by atoms with Crippen molar-refractivity contribution in [1.82, 2.24) is 0 Å². The van der Waals surface area contributed by atoms with Crippen molar-refractivity contribution in [2.24, 2.45) is 0 Å². The molecule has 22 heavy (non-hydrogen) atoms. The number of phenols is 1.